The summed E-state index contributed by atoms with van der Waals surface area (Å²) in [7, 11) is 0. The van der Waals surface area contributed by atoms with Crippen LogP contribution >= 0.6 is 0 Å². The van der Waals surface area contributed by atoms with Crippen molar-refractivity contribution >= 4 is 28.6 Å². The molecule has 2 aromatic carbocycles. The van der Waals surface area contributed by atoms with Gasteiger partial charge in [-0.25, -0.2) is 4.39 Å². The van der Waals surface area contributed by atoms with E-state index in [2.05, 4.69) is 20.3 Å². The molecule has 2 aliphatic heterocycles. The lowest BCUT2D eigenvalue weighted by atomic mass is 9.76. The van der Waals surface area contributed by atoms with Gasteiger partial charge in [-0.3, -0.25) is 9.78 Å². The summed E-state index contributed by atoms with van der Waals surface area (Å²) in [6.45, 7) is 3.94. The second-order valence-electron chi connectivity index (χ2n) is 11.5. The number of nitrogens with zero attached hydrogens (tertiary/aromatic N) is 4. The summed E-state index contributed by atoms with van der Waals surface area (Å²) in [5.74, 6) is -0.852. The van der Waals surface area contributed by atoms with Crippen molar-refractivity contribution in [1.82, 2.24) is 20.3 Å². The van der Waals surface area contributed by atoms with E-state index in [1.807, 2.05) is 4.90 Å². The molecule has 1 spiro atoms. The molecule has 2 atom stereocenters. The zero-order valence-corrected chi connectivity index (χ0v) is 24.5. The van der Waals surface area contributed by atoms with Crippen molar-refractivity contribution in [3.63, 3.8) is 0 Å². The van der Waals surface area contributed by atoms with Crippen LogP contribution in [0.15, 0.2) is 60.8 Å². The minimum absolute atomic E-state index is 0.0701. The predicted octanol–water partition coefficient (Wildman–Crippen LogP) is 5.61. The standard InChI is InChI=1S/C32H32F4N6O3/c1-2-44-29(43)25-16-31(18-39-25)9-11-42(12-10-31)26-15-27(41-30(37)40-26)45-28(32(34,35)36)20-5-3-19(4-6-20)21-7-8-24-22(13-21)14-23(33)17-38-24/h3-8,13-15,17,25,28,39H,2,9-12,16,18H2,1H3,(H2,37,40,41)/t25?,28-/m1/s1. The number of pyridine rings is 1. The van der Waals surface area contributed by atoms with E-state index in [0.717, 1.165) is 19.0 Å². The van der Waals surface area contributed by atoms with Crippen LogP contribution in [0.5, 0.6) is 5.88 Å². The molecule has 2 aliphatic rings. The molecule has 2 saturated heterocycles. The van der Waals surface area contributed by atoms with Crippen LogP contribution in [-0.2, 0) is 9.53 Å². The Bertz CT molecular complexity index is 1690. The van der Waals surface area contributed by atoms with Gasteiger partial charge in [-0.1, -0.05) is 30.3 Å². The Morgan fingerprint density at radius 1 is 1.09 bits per heavy atom. The molecule has 0 bridgehead atoms. The van der Waals surface area contributed by atoms with Crippen LogP contribution in [0.25, 0.3) is 22.0 Å². The number of benzene rings is 2. The molecule has 1 unspecified atom stereocenters. The molecular formula is C32H32F4N6O3. The van der Waals surface area contributed by atoms with Crippen molar-refractivity contribution in [3.05, 3.63) is 72.2 Å². The quantitative estimate of drug-likeness (QED) is 0.200. The number of halogens is 4. The lowest BCUT2D eigenvalue weighted by Crippen LogP contribution is -2.41. The number of nitrogens with two attached hydrogens (primary N) is 1. The number of rotatable bonds is 7. The molecule has 0 aliphatic carbocycles. The molecule has 4 heterocycles. The van der Waals surface area contributed by atoms with Crippen LogP contribution in [0.3, 0.4) is 0 Å². The topological polar surface area (TPSA) is 115 Å². The highest BCUT2D eigenvalue weighted by Crippen LogP contribution is 2.42. The lowest BCUT2D eigenvalue weighted by molar-refractivity contribution is -0.198. The molecule has 236 valence electrons. The Balaban J connectivity index is 1.17. The van der Waals surface area contributed by atoms with Crippen molar-refractivity contribution in [2.45, 2.75) is 44.5 Å². The maximum absolute atomic E-state index is 14.3. The van der Waals surface area contributed by atoms with E-state index in [1.54, 1.807) is 37.3 Å². The highest BCUT2D eigenvalue weighted by Gasteiger charge is 2.45. The highest BCUT2D eigenvalue weighted by atomic mass is 19.4. The molecule has 0 amide bonds. The number of nitrogens with one attached hydrogen (secondary N) is 1. The SMILES string of the molecule is CCOC(=O)C1CC2(CCN(c3cc(O[C@H](c4ccc(-c5ccc6ncc(F)cc6c5)cc4)C(F)(F)F)nc(N)n3)CC2)CN1. The van der Waals surface area contributed by atoms with E-state index in [1.165, 1.54) is 24.3 Å². The van der Waals surface area contributed by atoms with E-state index >= 15 is 0 Å². The van der Waals surface area contributed by atoms with Gasteiger partial charge in [0.15, 0.2) is 0 Å². The fraction of sp³-hybridized carbons (Fsp3) is 0.375. The monoisotopic (exact) mass is 624 g/mol. The number of hydrogen-bond acceptors (Lipinski definition) is 9. The van der Waals surface area contributed by atoms with Gasteiger partial charge in [0.1, 0.15) is 17.7 Å². The summed E-state index contributed by atoms with van der Waals surface area (Å²) in [5.41, 5.74) is 7.68. The first-order valence-electron chi connectivity index (χ1n) is 14.7. The fourth-order valence-corrected chi connectivity index (χ4v) is 6.15. The predicted molar refractivity (Wildman–Crippen MR) is 160 cm³/mol. The summed E-state index contributed by atoms with van der Waals surface area (Å²) in [6.07, 6.45) is -3.75. The molecule has 13 heteroatoms. The van der Waals surface area contributed by atoms with Crippen LogP contribution in [0.1, 0.15) is 37.9 Å². The maximum Gasteiger partial charge on any atom is 0.429 e. The first-order valence-corrected chi connectivity index (χ1v) is 14.7. The second-order valence-corrected chi connectivity index (χ2v) is 11.5. The van der Waals surface area contributed by atoms with Crippen LogP contribution in [0.2, 0.25) is 0 Å². The maximum atomic E-state index is 14.3. The van der Waals surface area contributed by atoms with Gasteiger partial charge in [0.25, 0.3) is 0 Å². The van der Waals surface area contributed by atoms with Crippen molar-refractivity contribution in [3.8, 4) is 17.0 Å². The van der Waals surface area contributed by atoms with E-state index in [-0.39, 0.29) is 34.8 Å². The molecule has 3 N–H and O–H groups in total. The zero-order chi connectivity index (χ0) is 31.8. The minimum Gasteiger partial charge on any atom is -0.465 e. The number of hydrogen-bond donors (Lipinski definition) is 2. The van der Waals surface area contributed by atoms with Gasteiger partial charge in [0, 0.05) is 36.7 Å². The molecule has 0 saturated carbocycles. The van der Waals surface area contributed by atoms with Crippen LogP contribution in [-0.4, -0.2) is 59.4 Å². The zero-order valence-electron chi connectivity index (χ0n) is 24.5. The normalized spacial score (nSPS) is 18.7. The Labute approximate surface area is 256 Å². The van der Waals surface area contributed by atoms with Crippen molar-refractivity contribution in [2.75, 3.05) is 36.9 Å². The van der Waals surface area contributed by atoms with E-state index in [4.69, 9.17) is 15.2 Å². The number of carbonyl (C=O) groups is 1. The van der Waals surface area contributed by atoms with Gasteiger partial charge in [-0.15, -0.1) is 0 Å². The van der Waals surface area contributed by atoms with Gasteiger partial charge in [0.2, 0.25) is 17.9 Å². The van der Waals surface area contributed by atoms with Crippen LogP contribution in [0, 0.1) is 11.2 Å². The number of alkyl halides is 3. The fourth-order valence-electron chi connectivity index (χ4n) is 6.15. The van der Waals surface area contributed by atoms with Gasteiger partial charge in [-0.05, 0) is 60.9 Å². The number of nitrogen functional groups attached to an aromatic ring is 1. The molecule has 6 rings (SSSR count). The largest absolute Gasteiger partial charge is 0.465 e. The number of aromatic nitrogens is 3. The van der Waals surface area contributed by atoms with Gasteiger partial charge in [0.05, 0.1) is 18.3 Å². The van der Waals surface area contributed by atoms with E-state index in [0.29, 0.717) is 60.5 Å². The summed E-state index contributed by atoms with van der Waals surface area (Å²) < 4.78 is 67.2. The van der Waals surface area contributed by atoms with E-state index < -0.39 is 18.1 Å². The number of ether oxygens (including phenoxy) is 2. The molecule has 0 radical (unpaired) electrons. The number of piperidine rings is 1. The third-order valence-electron chi connectivity index (χ3n) is 8.52. The third kappa shape index (κ3) is 6.63. The summed E-state index contributed by atoms with van der Waals surface area (Å²) >= 11 is 0. The summed E-state index contributed by atoms with van der Waals surface area (Å²) in [6, 6.07) is 13.4. The number of carbonyl (C=O) groups excluding carboxylic acids is 1. The molecule has 2 aromatic heterocycles. The second kappa shape index (κ2) is 12.1. The molecule has 2 fully saturated rings. The Morgan fingerprint density at radius 2 is 1.82 bits per heavy atom. The van der Waals surface area contributed by atoms with Crippen LogP contribution < -0.4 is 20.7 Å². The first kappa shape index (κ1) is 30.5. The molecular weight excluding hydrogens is 592 g/mol. The first-order chi connectivity index (χ1) is 21.5. The van der Waals surface area contributed by atoms with Crippen molar-refractivity contribution < 1.29 is 31.8 Å². The average molecular weight is 625 g/mol. The van der Waals surface area contributed by atoms with Crippen molar-refractivity contribution in [1.29, 1.82) is 0 Å². The van der Waals surface area contributed by atoms with Gasteiger partial charge in [-0.2, -0.15) is 23.1 Å². The van der Waals surface area contributed by atoms with Crippen LogP contribution in [0.4, 0.5) is 29.3 Å². The number of fused-ring (bicyclic) bond motifs is 1. The third-order valence-corrected chi connectivity index (χ3v) is 8.52. The smallest absolute Gasteiger partial charge is 0.429 e. The molecule has 9 nitrogen and oxygen atoms in total. The summed E-state index contributed by atoms with van der Waals surface area (Å²) in [5, 5.41) is 3.84. The Kier molecular flexibility index (Phi) is 8.21. The van der Waals surface area contributed by atoms with Gasteiger partial charge < -0.3 is 25.4 Å². The van der Waals surface area contributed by atoms with E-state index in [9.17, 15) is 22.4 Å². The average Bonchev–Trinajstić information content (AvgIpc) is 3.43. The number of esters is 1. The lowest BCUT2D eigenvalue weighted by Gasteiger charge is -2.39. The Morgan fingerprint density at radius 3 is 2.53 bits per heavy atom. The number of anilines is 2. The highest BCUT2D eigenvalue weighted by molar-refractivity contribution is 5.84. The Hall–Kier alpha value is -4.52. The molecule has 4 aromatic rings. The van der Waals surface area contributed by atoms with Crippen molar-refractivity contribution in [2.24, 2.45) is 5.41 Å². The minimum atomic E-state index is -4.75. The van der Waals surface area contributed by atoms with Gasteiger partial charge >= 0.3 is 12.1 Å². The summed E-state index contributed by atoms with van der Waals surface area (Å²) in [4.78, 5) is 26.4. The molecule has 45 heavy (non-hydrogen) atoms.